The SMILES string of the molecule is COC(=O)C1OC=C2C=CCC/C2=C2\C=CC(Br)=CC2O1. The van der Waals surface area contributed by atoms with Crippen molar-refractivity contribution in [2.24, 2.45) is 0 Å². The number of carbonyl (C=O) groups is 1. The Hall–Kier alpha value is -1.59. The second kappa shape index (κ2) is 6.03. The van der Waals surface area contributed by atoms with Gasteiger partial charge < -0.3 is 14.2 Å². The molecule has 0 aromatic rings. The summed E-state index contributed by atoms with van der Waals surface area (Å²) >= 11 is 3.44. The molecule has 2 atom stereocenters. The molecule has 0 fully saturated rings. The average molecular weight is 351 g/mol. The first-order chi connectivity index (χ1) is 10.2. The van der Waals surface area contributed by atoms with Crippen LogP contribution in [0, 0.1) is 0 Å². The summed E-state index contributed by atoms with van der Waals surface area (Å²) in [4.78, 5) is 11.8. The maximum absolute atomic E-state index is 11.8. The van der Waals surface area contributed by atoms with Crippen LogP contribution in [0.1, 0.15) is 12.8 Å². The zero-order valence-corrected chi connectivity index (χ0v) is 13.1. The molecule has 21 heavy (non-hydrogen) atoms. The lowest BCUT2D eigenvalue weighted by Gasteiger charge is -2.29. The van der Waals surface area contributed by atoms with Crippen molar-refractivity contribution in [3.63, 3.8) is 0 Å². The topological polar surface area (TPSA) is 44.8 Å². The number of carbonyl (C=O) groups excluding carboxylic acids is 1. The van der Waals surface area contributed by atoms with Gasteiger partial charge in [0.15, 0.2) is 0 Å². The number of ether oxygens (including phenoxy) is 3. The molecule has 5 heteroatoms. The van der Waals surface area contributed by atoms with Gasteiger partial charge in [-0.2, -0.15) is 0 Å². The first kappa shape index (κ1) is 14.4. The van der Waals surface area contributed by atoms with Gasteiger partial charge in [-0.15, -0.1) is 0 Å². The van der Waals surface area contributed by atoms with Crippen molar-refractivity contribution < 1.29 is 19.0 Å². The molecule has 2 aliphatic carbocycles. The van der Waals surface area contributed by atoms with Crippen LogP contribution < -0.4 is 0 Å². The van der Waals surface area contributed by atoms with Crippen LogP contribution in [-0.2, 0) is 19.0 Å². The molecule has 1 heterocycles. The highest BCUT2D eigenvalue weighted by Crippen LogP contribution is 2.35. The maximum Gasteiger partial charge on any atom is 0.376 e. The van der Waals surface area contributed by atoms with E-state index in [2.05, 4.69) is 22.0 Å². The Morgan fingerprint density at radius 1 is 1.38 bits per heavy atom. The van der Waals surface area contributed by atoms with E-state index in [1.54, 1.807) is 6.26 Å². The number of allylic oxidation sites excluding steroid dienone is 6. The molecule has 0 spiro atoms. The van der Waals surface area contributed by atoms with Gasteiger partial charge in [0.2, 0.25) is 0 Å². The molecular weight excluding hydrogens is 336 g/mol. The van der Waals surface area contributed by atoms with E-state index in [-0.39, 0.29) is 6.10 Å². The monoisotopic (exact) mass is 350 g/mol. The average Bonchev–Trinajstić information content (AvgIpc) is 2.49. The Morgan fingerprint density at radius 3 is 3.05 bits per heavy atom. The first-order valence-corrected chi connectivity index (χ1v) is 7.52. The zero-order valence-electron chi connectivity index (χ0n) is 11.5. The molecule has 4 nitrogen and oxygen atoms in total. The molecule has 3 rings (SSSR count). The van der Waals surface area contributed by atoms with Crippen LogP contribution in [-0.4, -0.2) is 25.5 Å². The first-order valence-electron chi connectivity index (χ1n) is 6.73. The van der Waals surface area contributed by atoms with Crippen molar-refractivity contribution in [2.75, 3.05) is 7.11 Å². The number of rotatable bonds is 1. The van der Waals surface area contributed by atoms with Crippen LogP contribution in [0.5, 0.6) is 0 Å². The van der Waals surface area contributed by atoms with Gasteiger partial charge in [0.1, 0.15) is 6.10 Å². The van der Waals surface area contributed by atoms with Crippen molar-refractivity contribution in [3.05, 3.63) is 57.8 Å². The fourth-order valence-electron chi connectivity index (χ4n) is 2.55. The van der Waals surface area contributed by atoms with Gasteiger partial charge in [0.05, 0.1) is 13.4 Å². The Kier molecular flexibility index (Phi) is 4.12. The summed E-state index contributed by atoms with van der Waals surface area (Å²) in [7, 11) is 1.32. The van der Waals surface area contributed by atoms with E-state index in [1.165, 1.54) is 12.7 Å². The Bertz CT molecular complexity index is 610. The number of hydrogen-bond donors (Lipinski definition) is 0. The molecular formula is C16H15BrO4. The highest BCUT2D eigenvalue weighted by Gasteiger charge is 2.31. The molecule has 0 saturated carbocycles. The highest BCUT2D eigenvalue weighted by atomic mass is 79.9. The van der Waals surface area contributed by atoms with Crippen LogP contribution in [0.15, 0.2) is 57.8 Å². The number of methoxy groups -OCH3 is 1. The molecule has 0 aromatic carbocycles. The fourth-order valence-corrected chi connectivity index (χ4v) is 2.92. The molecule has 0 saturated heterocycles. The van der Waals surface area contributed by atoms with Crippen LogP contribution >= 0.6 is 15.9 Å². The second-order valence-electron chi connectivity index (χ2n) is 4.88. The van der Waals surface area contributed by atoms with E-state index in [9.17, 15) is 4.79 Å². The lowest BCUT2D eigenvalue weighted by molar-refractivity contribution is -0.185. The summed E-state index contributed by atoms with van der Waals surface area (Å²) < 4.78 is 16.9. The lowest BCUT2D eigenvalue weighted by Crippen LogP contribution is -2.34. The van der Waals surface area contributed by atoms with E-state index >= 15 is 0 Å². The molecule has 0 bridgehead atoms. The Balaban J connectivity index is 2.04. The van der Waals surface area contributed by atoms with Crippen LogP contribution in [0.4, 0.5) is 0 Å². The molecule has 0 aromatic heterocycles. The third kappa shape index (κ3) is 2.89. The highest BCUT2D eigenvalue weighted by molar-refractivity contribution is 9.11. The smallest absolute Gasteiger partial charge is 0.376 e. The fraction of sp³-hybridized carbons (Fsp3) is 0.312. The predicted molar refractivity (Wildman–Crippen MR) is 81.4 cm³/mol. The van der Waals surface area contributed by atoms with E-state index in [0.29, 0.717) is 0 Å². The number of hydrogen-bond acceptors (Lipinski definition) is 4. The maximum atomic E-state index is 11.8. The van der Waals surface area contributed by atoms with Gasteiger partial charge in [0, 0.05) is 10.1 Å². The quantitative estimate of drug-likeness (QED) is 0.680. The van der Waals surface area contributed by atoms with Gasteiger partial charge in [-0.3, -0.25) is 0 Å². The third-order valence-corrected chi connectivity index (χ3v) is 4.11. The molecule has 2 unspecified atom stereocenters. The van der Waals surface area contributed by atoms with Crippen molar-refractivity contribution in [2.45, 2.75) is 25.2 Å². The van der Waals surface area contributed by atoms with Crippen molar-refractivity contribution in [1.82, 2.24) is 0 Å². The minimum atomic E-state index is -1.07. The van der Waals surface area contributed by atoms with E-state index < -0.39 is 12.3 Å². The number of esters is 1. The zero-order chi connectivity index (χ0) is 14.8. The summed E-state index contributed by atoms with van der Waals surface area (Å²) in [6.07, 6.45) is 12.1. The molecule has 0 N–H and O–H groups in total. The standard InChI is InChI=1S/C16H15BrO4/c1-19-15(18)16-20-9-10-4-2-3-5-12(10)13-7-6-11(17)8-14(13)21-16/h2,4,6-9,14,16H,3,5H2,1H3/b10-9?,13-12-. The molecule has 0 radical (unpaired) electrons. The minimum Gasteiger partial charge on any atom is -0.464 e. The minimum absolute atomic E-state index is 0.335. The summed E-state index contributed by atoms with van der Waals surface area (Å²) in [5.41, 5.74) is 3.24. The summed E-state index contributed by atoms with van der Waals surface area (Å²) in [5, 5.41) is 0. The van der Waals surface area contributed by atoms with E-state index in [0.717, 1.165) is 28.5 Å². The Labute approximate surface area is 131 Å². The van der Waals surface area contributed by atoms with E-state index in [1.807, 2.05) is 24.3 Å². The number of fused-ring (bicyclic) bond motifs is 2. The van der Waals surface area contributed by atoms with Crippen molar-refractivity contribution in [1.29, 1.82) is 0 Å². The predicted octanol–water partition coefficient (Wildman–Crippen LogP) is 3.28. The van der Waals surface area contributed by atoms with Gasteiger partial charge in [-0.25, -0.2) is 4.79 Å². The normalized spacial score (nSPS) is 31.0. The second-order valence-corrected chi connectivity index (χ2v) is 5.80. The van der Waals surface area contributed by atoms with Crippen LogP contribution in [0.3, 0.4) is 0 Å². The molecule has 3 aliphatic rings. The van der Waals surface area contributed by atoms with Gasteiger partial charge in [-0.1, -0.05) is 34.2 Å². The van der Waals surface area contributed by atoms with Crippen molar-refractivity contribution in [3.8, 4) is 0 Å². The lowest BCUT2D eigenvalue weighted by atomic mass is 9.87. The summed E-state index contributed by atoms with van der Waals surface area (Å²) in [5.74, 6) is -0.548. The van der Waals surface area contributed by atoms with Crippen LogP contribution in [0.25, 0.3) is 0 Å². The van der Waals surface area contributed by atoms with Gasteiger partial charge in [-0.05, 0) is 36.1 Å². The van der Waals surface area contributed by atoms with Gasteiger partial charge >= 0.3 is 5.97 Å². The number of halogens is 1. The largest absolute Gasteiger partial charge is 0.464 e. The summed E-state index contributed by atoms with van der Waals surface area (Å²) in [6, 6.07) is 0. The molecule has 0 amide bonds. The van der Waals surface area contributed by atoms with Crippen molar-refractivity contribution >= 4 is 21.9 Å². The third-order valence-electron chi connectivity index (χ3n) is 3.58. The molecule has 110 valence electrons. The van der Waals surface area contributed by atoms with E-state index in [4.69, 9.17) is 14.2 Å². The Morgan fingerprint density at radius 2 is 2.24 bits per heavy atom. The van der Waals surface area contributed by atoms with Crippen LogP contribution in [0.2, 0.25) is 0 Å². The van der Waals surface area contributed by atoms with Gasteiger partial charge in [0.25, 0.3) is 6.29 Å². The summed E-state index contributed by atoms with van der Waals surface area (Å²) in [6.45, 7) is 0. The molecule has 1 aliphatic heterocycles.